The van der Waals surface area contributed by atoms with Crippen molar-refractivity contribution in [3.05, 3.63) is 64.2 Å². The van der Waals surface area contributed by atoms with Crippen molar-refractivity contribution in [1.82, 2.24) is 0 Å². The number of ketones is 1. The van der Waals surface area contributed by atoms with Crippen LogP contribution in [0.4, 0.5) is 0 Å². The van der Waals surface area contributed by atoms with E-state index >= 15 is 0 Å². The average Bonchev–Trinajstić information content (AvgIpc) is 2.46. The fourth-order valence-electron chi connectivity index (χ4n) is 2.03. The van der Waals surface area contributed by atoms with E-state index in [0.29, 0.717) is 27.8 Å². The van der Waals surface area contributed by atoms with Crippen molar-refractivity contribution in [2.24, 2.45) is 0 Å². The molecule has 104 valence electrons. The van der Waals surface area contributed by atoms with Crippen LogP contribution in [-0.2, 0) is 0 Å². The lowest BCUT2D eigenvalue weighted by atomic mass is 9.98. The first-order valence-electron chi connectivity index (χ1n) is 6.51. The van der Waals surface area contributed by atoms with Gasteiger partial charge in [-0.3, -0.25) is 4.79 Å². The molecule has 0 heterocycles. The molecule has 2 aromatic rings. The van der Waals surface area contributed by atoms with Crippen LogP contribution in [0.3, 0.4) is 0 Å². The molecule has 0 N–H and O–H groups in total. The topological polar surface area (TPSA) is 26.3 Å². The molecule has 0 saturated carbocycles. The molecule has 0 amide bonds. The lowest BCUT2D eigenvalue weighted by Crippen LogP contribution is -2.04. The fraction of sp³-hybridized carbons (Fsp3) is 0.235. The highest BCUT2D eigenvalue weighted by Gasteiger charge is 2.15. The van der Waals surface area contributed by atoms with Crippen LogP contribution in [0.1, 0.15) is 41.3 Å². The highest BCUT2D eigenvalue weighted by Crippen LogP contribution is 2.26. The van der Waals surface area contributed by atoms with Gasteiger partial charge in [-0.05, 0) is 29.7 Å². The van der Waals surface area contributed by atoms with Crippen LogP contribution in [0.2, 0.25) is 5.02 Å². The maximum absolute atomic E-state index is 12.5. The number of carbonyl (C=O) groups is 1. The molecule has 0 unspecified atom stereocenters. The van der Waals surface area contributed by atoms with Crippen LogP contribution < -0.4 is 4.74 Å². The molecule has 0 fully saturated rings. The quantitative estimate of drug-likeness (QED) is 0.762. The van der Waals surface area contributed by atoms with Gasteiger partial charge >= 0.3 is 0 Å². The predicted octanol–water partition coefficient (Wildman–Crippen LogP) is 4.70. The number of methoxy groups -OCH3 is 1. The zero-order valence-corrected chi connectivity index (χ0v) is 12.6. The summed E-state index contributed by atoms with van der Waals surface area (Å²) in [6.45, 7) is 4.24. The molecule has 0 bridgehead atoms. The Balaban J connectivity index is 2.38. The van der Waals surface area contributed by atoms with Crippen LogP contribution >= 0.6 is 11.6 Å². The van der Waals surface area contributed by atoms with Gasteiger partial charge in [0.15, 0.2) is 5.78 Å². The first kappa shape index (κ1) is 14.6. The number of benzene rings is 2. The lowest BCUT2D eigenvalue weighted by Gasteiger charge is -2.09. The number of hydrogen-bond acceptors (Lipinski definition) is 2. The molecule has 0 aromatic heterocycles. The Bertz CT molecular complexity index is 615. The van der Waals surface area contributed by atoms with Gasteiger partial charge in [-0.2, -0.15) is 0 Å². The second-order valence-electron chi connectivity index (χ2n) is 4.95. The van der Waals surface area contributed by atoms with E-state index in [0.717, 1.165) is 0 Å². The summed E-state index contributed by atoms with van der Waals surface area (Å²) < 4.78 is 5.23. The van der Waals surface area contributed by atoms with Crippen molar-refractivity contribution >= 4 is 17.4 Å². The summed E-state index contributed by atoms with van der Waals surface area (Å²) in [4.78, 5) is 12.5. The first-order valence-corrected chi connectivity index (χ1v) is 6.89. The predicted molar refractivity (Wildman–Crippen MR) is 82.0 cm³/mol. The zero-order chi connectivity index (χ0) is 14.7. The highest BCUT2D eigenvalue weighted by molar-refractivity contribution is 6.31. The minimum atomic E-state index is -0.0837. The third-order valence-corrected chi connectivity index (χ3v) is 3.48. The Labute approximate surface area is 124 Å². The van der Waals surface area contributed by atoms with Gasteiger partial charge in [0.2, 0.25) is 0 Å². The standard InChI is InChI=1S/C17H17ClO2/c1-11(2)12-4-6-13(7-5-12)17(19)15-10-14(18)8-9-16(15)20-3/h4-11H,1-3H3. The summed E-state index contributed by atoms with van der Waals surface area (Å²) in [5.41, 5.74) is 2.33. The maximum Gasteiger partial charge on any atom is 0.196 e. The number of rotatable bonds is 4. The molecule has 2 nitrogen and oxygen atoms in total. The Kier molecular flexibility index (Phi) is 4.46. The van der Waals surface area contributed by atoms with Crippen molar-refractivity contribution in [2.75, 3.05) is 7.11 Å². The van der Waals surface area contributed by atoms with E-state index in [2.05, 4.69) is 13.8 Å². The molecular weight excluding hydrogens is 272 g/mol. The van der Waals surface area contributed by atoms with Crippen LogP contribution in [-0.4, -0.2) is 12.9 Å². The van der Waals surface area contributed by atoms with Crippen LogP contribution in [0, 0.1) is 0 Å². The molecule has 0 aliphatic carbocycles. The molecule has 0 atom stereocenters. The molecule has 0 aliphatic rings. The van der Waals surface area contributed by atoms with E-state index < -0.39 is 0 Å². The smallest absolute Gasteiger partial charge is 0.196 e. The van der Waals surface area contributed by atoms with Crippen molar-refractivity contribution in [3.63, 3.8) is 0 Å². The van der Waals surface area contributed by atoms with E-state index in [9.17, 15) is 4.79 Å². The number of ether oxygens (including phenoxy) is 1. The molecule has 0 spiro atoms. The molecule has 20 heavy (non-hydrogen) atoms. The molecule has 0 aliphatic heterocycles. The second kappa shape index (κ2) is 6.10. The lowest BCUT2D eigenvalue weighted by molar-refractivity contribution is 0.103. The average molecular weight is 289 g/mol. The minimum absolute atomic E-state index is 0.0837. The van der Waals surface area contributed by atoms with Gasteiger partial charge in [0, 0.05) is 10.6 Å². The number of halogens is 1. The highest BCUT2D eigenvalue weighted by atomic mass is 35.5. The van der Waals surface area contributed by atoms with Crippen molar-refractivity contribution < 1.29 is 9.53 Å². The van der Waals surface area contributed by atoms with E-state index in [4.69, 9.17) is 16.3 Å². The Hall–Kier alpha value is -1.80. The number of carbonyl (C=O) groups excluding carboxylic acids is 1. The molecule has 2 aromatic carbocycles. The summed E-state index contributed by atoms with van der Waals surface area (Å²) in [5.74, 6) is 0.895. The third kappa shape index (κ3) is 3.02. The summed E-state index contributed by atoms with van der Waals surface area (Å²) in [6.07, 6.45) is 0. The first-order chi connectivity index (χ1) is 9.52. The Morgan fingerprint density at radius 3 is 2.30 bits per heavy atom. The molecular formula is C17H17ClO2. The third-order valence-electron chi connectivity index (χ3n) is 3.25. The van der Waals surface area contributed by atoms with E-state index in [1.165, 1.54) is 5.56 Å². The number of hydrogen-bond donors (Lipinski definition) is 0. The summed E-state index contributed by atoms with van der Waals surface area (Å²) in [5, 5.41) is 0.521. The van der Waals surface area contributed by atoms with E-state index in [1.54, 1.807) is 25.3 Å². The van der Waals surface area contributed by atoms with Gasteiger partial charge in [0.25, 0.3) is 0 Å². The van der Waals surface area contributed by atoms with Gasteiger partial charge < -0.3 is 4.74 Å². The normalized spacial score (nSPS) is 10.7. The second-order valence-corrected chi connectivity index (χ2v) is 5.39. The van der Waals surface area contributed by atoms with E-state index in [-0.39, 0.29) is 5.78 Å². The summed E-state index contributed by atoms with van der Waals surface area (Å²) in [6, 6.07) is 12.7. The Morgan fingerprint density at radius 2 is 1.75 bits per heavy atom. The zero-order valence-electron chi connectivity index (χ0n) is 11.8. The fourth-order valence-corrected chi connectivity index (χ4v) is 2.20. The van der Waals surface area contributed by atoms with Crippen LogP contribution in [0.15, 0.2) is 42.5 Å². The van der Waals surface area contributed by atoms with E-state index in [1.807, 2.05) is 24.3 Å². The summed E-state index contributed by atoms with van der Waals surface area (Å²) >= 11 is 5.96. The maximum atomic E-state index is 12.5. The molecule has 2 rings (SSSR count). The minimum Gasteiger partial charge on any atom is -0.496 e. The molecule has 0 radical (unpaired) electrons. The van der Waals surface area contributed by atoms with Crippen LogP contribution in [0.5, 0.6) is 5.75 Å². The van der Waals surface area contributed by atoms with Gasteiger partial charge in [0.1, 0.15) is 5.75 Å². The van der Waals surface area contributed by atoms with Gasteiger partial charge in [0.05, 0.1) is 12.7 Å². The van der Waals surface area contributed by atoms with Gasteiger partial charge in [-0.25, -0.2) is 0 Å². The summed E-state index contributed by atoms with van der Waals surface area (Å²) in [7, 11) is 1.54. The largest absolute Gasteiger partial charge is 0.496 e. The molecule has 0 saturated heterocycles. The van der Waals surface area contributed by atoms with Crippen LogP contribution in [0.25, 0.3) is 0 Å². The van der Waals surface area contributed by atoms with Gasteiger partial charge in [-0.15, -0.1) is 0 Å². The van der Waals surface area contributed by atoms with Crippen molar-refractivity contribution in [1.29, 1.82) is 0 Å². The van der Waals surface area contributed by atoms with Crippen molar-refractivity contribution in [2.45, 2.75) is 19.8 Å². The SMILES string of the molecule is COc1ccc(Cl)cc1C(=O)c1ccc(C(C)C)cc1. The Morgan fingerprint density at radius 1 is 1.10 bits per heavy atom. The molecule has 3 heteroatoms. The van der Waals surface area contributed by atoms with Crippen molar-refractivity contribution in [3.8, 4) is 5.75 Å². The van der Waals surface area contributed by atoms with Gasteiger partial charge in [-0.1, -0.05) is 49.7 Å². The monoisotopic (exact) mass is 288 g/mol.